The van der Waals surface area contributed by atoms with Gasteiger partial charge in [-0.05, 0) is 69.4 Å². The van der Waals surface area contributed by atoms with Crippen LogP contribution in [0.4, 0.5) is 0 Å². The molecular formula is C17H32N2. The van der Waals surface area contributed by atoms with Crippen LogP contribution in [-0.2, 0) is 0 Å². The second-order valence-electron chi connectivity index (χ2n) is 7.61. The van der Waals surface area contributed by atoms with Crippen LogP contribution in [0.15, 0.2) is 0 Å². The second kappa shape index (κ2) is 6.13. The zero-order valence-corrected chi connectivity index (χ0v) is 12.9. The van der Waals surface area contributed by atoms with Gasteiger partial charge < -0.3 is 10.2 Å². The predicted molar refractivity (Wildman–Crippen MR) is 81.2 cm³/mol. The van der Waals surface area contributed by atoms with Gasteiger partial charge in [0.05, 0.1) is 0 Å². The second-order valence-corrected chi connectivity index (χ2v) is 7.61. The van der Waals surface area contributed by atoms with E-state index in [1.165, 1.54) is 58.2 Å². The molecule has 5 unspecified atom stereocenters. The fourth-order valence-corrected chi connectivity index (χ4v) is 5.06. The first kappa shape index (κ1) is 13.9. The predicted octanol–water partition coefficient (Wildman–Crippen LogP) is 3.13. The van der Waals surface area contributed by atoms with Crippen LogP contribution in [0, 0.1) is 23.7 Å². The molecule has 0 amide bonds. The van der Waals surface area contributed by atoms with Crippen molar-refractivity contribution in [3.05, 3.63) is 0 Å². The average Bonchev–Trinajstić information content (AvgIpc) is 3.01. The van der Waals surface area contributed by atoms with Gasteiger partial charge in [-0.3, -0.25) is 0 Å². The maximum absolute atomic E-state index is 3.73. The van der Waals surface area contributed by atoms with E-state index in [1.807, 2.05) is 0 Å². The summed E-state index contributed by atoms with van der Waals surface area (Å²) in [5.74, 6) is 4.17. The molecule has 2 aliphatic carbocycles. The summed E-state index contributed by atoms with van der Waals surface area (Å²) in [5.41, 5.74) is 0. The van der Waals surface area contributed by atoms with Crippen LogP contribution in [0.2, 0.25) is 0 Å². The van der Waals surface area contributed by atoms with Gasteiger partial charge in [0.1, 0.15) is 0 Å². The molecule has 1 N–H and O–H groups in total. The molecule has 1 aliphatic heterocycles. The van der Waals surface area contributed by atoms with Crippen molar-refractivity contribution in [1.29, 1.82) is 0 Å². The monoisotopic (exact) mass is 264 g/mol. The molecule has 2 saturated carbocycles. The van der Waals surface area contributed by atoms with E-state index in [0.717, 1.165) is 29.7 Å². The molecule has 1 heterocycles. The van der Waals surface area contributed by atoms with Crippen LogP contribution in [0.25, 0.3) is 0 Å². The summed E-state index contributed by atoms with van der Waals surface area (Å²) in [6.07, 6.45) is 10.3. The lowest BCUT2D eigenvalue weighted by Crippen LogP contribution is -2.46. The first-order valence-corrected chi connectivity index (χ1v) is 8.66. The zero-order chi connectivity index (χ0) is 13.2. The number of nitrogens with one attached hydrogen (secondary N) is 1. The fraction of sp³-hybridized carbons (Fsp3) is 1.00. The van der Waals surface area contributed by atoms with Crippen molar-refractivity contribution in [2.75, 3.05) is 26.7 Å². The Morgan fingerprint density at radius 1 is 1.05 bits per heavy atom. The number of hydrogen-bond acceptors (Lipinski definition) is 2. The van der Waals surface area contributed by atoms with E-state index in [-0.39, 0.29) is 0 Å². The van der Waals surface area contributed by atoms with Crippen molar-refractivity contribution < 1.29 is 0 Å². The molecule has 3 fully saturated rings. The highest BCUT2D eigenvalue weighted by atomic mass is 15.1. The van der Waals surface area contributed by atoms with Crippen LogP contribution in [-0.4, -0.2) is 37.6 Å². The Balaban J connectivity index is 1.42. The Morgan fingerprint density at radius 3 is 2.63 bits per heavy atom. The smallest absolute Gasteiger partial charge is 0.0197 e. The van der Waals surface area contributed by atoms with Crippen molar-refractivity contribution in [2.45, 2.75) is 57.9 Å². The molecule has 0 aromatic carbocycles. The van der Waals surface area contributed by atoms with Crippen molar-refractivity contribution in [2.24, 2.45) is 23.7 Å². The van der Waals surface area contributed by atoms with Gasteiger partial charge in [-0.2, -0.15) is 0 Å². The Hall–Kier alpha value is -0.0800. The molecule has 1 saturated heterocycles. The molecule has 5 atom stereocenters. The Morgan fingerprint density at radius 2 is 1.95 bits per heavy atom. The lowest BCUT2D eigenvalue weighted by Gasteiger charge is -2.34. The highest BCUT2D eigenvalue weighted by molar-refractivity contribution is 4.91. The molecule has 19 heavy (non-hydrogen) atoms. The zero-order valence-electron chi connectivity index (χ0n) is 12.9. The molecule has 3 rings (SSSR count). The number of fused-ring (bicyclic) bond motifs is 2. The van der Waals surface area contributed by atoms with Crippen molar-refractivity contribution >= 4 is 0 Å². The minimum Gasteiger partial charge on any atom is -0.313 e. The molecule has 2 nitrogen and oxygen atoms in total. The van der Waals surface area contributed by atoms with Crippen LogP contribution < -0.4 is 5.32 Å². The Kier molecular flexibility index (Phi) is 4.48. The lowest BCUT2D eigenvalue weighted by atomic mass is 9.87. The van der Waals surface area contributed by atoms with Gasteiger partial charge in [0.2, 0.25) is 0 Å². The van der Waals surface area contributed by atoms with E-state index in [9.17, 15) is 0 Å². The first-order chi connectivity index (χ1) is 9.24. The topological polar surface area (TPSA) is 15.3 Å². The van der Waals surface area contributed by atoms with Crippen molar-refractivity contribution in [3.8, 4) is 0 Å². The third-order valence-electron chi connectivity index (χ3n) is 6.14. The van der Waals surface area contributed by atoms with E-state index >= 15 is 0 Å². The Bertz CT molecular complexity index is 291. The van der Waals surface area contributed by atoms with Crippen LogP contribution in [0.1, 0.15) is 51.9 Å². The third kappa shape index (κ3) is 3.33. The summed E-state index contributed by atoms with van der Waals surface area (Å²) in [7, 11) is 2.35. The summed E-state index contributed by atoms with van der Waals surface area (Å²) in [4.78, 5) is 2.63. The number of likely N-dealkylation sites (N-methyl/N-ethyl adjacent to an activating group) is 1. The number of rotatable bonds is 5. The van der Waals surface area contributed by atoms with Gasteiger partial charge in [0.25, 0.3) is 0 Å². The van der Waals surface area contributed by atoms with Crippen LogP contribution in [0.5, 0.6) is 0 Å². The SMILES string of the molecule is CCC1CCNC(CN(C)CC2CC3CCC2C3)C1. The maximum Gasteiger partial charge on any atom is 0.0197 e. The summed E-state index contributed by atoms with van der Waals surface area (Å²) in [6.45, 7) is 6.22. The van der Waals surface area contributed by atoms with Crippen molar-refractivity contribution in [3.63, 3.8) is 0 Å². The highest BCUT2D eigenvalue weighted by Gasteiger charge is 2.39. The van der Waals surface area contributed by atoms with E-state index in [2.05, 4.69) is 24.2 Å². The van der Waals surface area contributed by atoms with Gasteiger partial charge in [0.15, 0.2) is 0 Å². The largest absolute Gasteiger partial charge is 0.313 e. The third-order valence-corrected chi connectivity index (χ3v) is 6.14. The van der Waals surface area contributed by atoms with Gasteiger partial charge in [-0.1, -0.05) is 19.8 Å². The molecule has 3 aliphatic rings. The maximum atomic E-state index is 3.73. The summed E-state index contributed by atoms with van der Waals surface area (Å²) >= 11 is 0. The highest BCUT2D eigenvalue weighted by Crippen LogP contribution is 2.48. The quantitative estimate of drug-likeness (QED) is 0.821. The lowest BCUT2D eigenvalue weighted by molar-refractivity contribution is 0.181. The molecule has 0 aromatic heterocycles. The van der Waals surface area contributed by atoms with E-state index in [0.29, 0.717) is 0 Å². The molecular weight excluding hydrogens is 232 g/mol. The van der Waals surface area contributed by atoms with Gasteiger partial charge >= 0.3 is 0 Å². The van der Waals surface area contributed by atoms with E-state index < -0.39 is 0 Å². The summed E-state index contributed by atoms with van der Waals surface area (Å²) in [6, 6.07) is 0.752. The molecule has 0 spiro atoms. The molecule has 2 bridgehead atoms. The summed E-state index contributed by atoms with van der Waals surface area (Å²) < 4.78 is 0. The first-order valence-electron chi connectivity index (χ1n) is 8.66. The fourth-order valence-electron chi connectivity index (χ4n) is 5.06. The van der Waals surface area contributed by atoms with E-state index in [4.69, 9.17) is 0 Å². The standard InChI is InChI=1S/C17H32N2/c1-3-13-6-7-18-17(10-13)12-19(2)11-16-9-14-4-5-15(16)8-14/h13-18H,3-12H2,1-2H3. The van der Waals surface area contributed by atoms with E-state index in [1.54, 1.807) is 6.42 Å². The average molecular weight is 264 g/mol. The molecule has 0 radical (unpaired) electrons. The molecule has 2 heteroatoms. The van der Waals surface area contributed by atoms with Gasteiger partial charge in [0, 0.05) is 19.1 Å². The van der Waals surface area contributed by atoms with Gasteiger partial charge in [-0.15, -0.1) is 0 Å². The summed E-state index contributed by atoms with van der Waals surface area (Å²) in [5, 5.41) is 3.73. The Labute approximate surface area is 119 Å². The molecule has 0 aromatic rings. The molecule has 110 valence electrons. The van der Waals surface area contributed by atoms with Crippen LogP contribution in [0.3, 0.4) is 0 Å². The normalized spacial score (nSPS) is 42.2. The number of hydrogen-bond donors (Lipinski definition) is 1. The van der Waals surface area contributed by atoms with Gasteiger partial charge in [-0.25, -0.2) is 0 Å². The van der Waals surface area contributed by atoms with Crippen LogP contribution >= 0.6 is 0 Å². The minimum absolute atomic E-state index is 0.752. The number of nitrogens with zero attached hydrogens (tertiary/aromatic N) is 1. The minimum atomic E-state index is 0.752. The van der Waals surface area contributed by atoms with Crippen molar-refractivity contribution in [1.82, 2.24) is 10.2 Å². The number of piperidine rings is 1.